The third-order valence-electron chi connectivity index (χ3n) is 1.94. The van der Waals surface area contributed by atoms with Crippen LogP contribution < -0.4 is 5.32 Å². The van der Waals surface area contributed by atoms with Crippen LogP contribution in [0, 0.1) is 17.2 Å². The van der Waals surface area contributed by atoms with Crippen molar-refractivity contribution in [2.45, 2.75) is 39.7 Å². The average molecular weight is 212 g/mol. The smallest absolute Gasteiger partial charge is 0.223 e. The fourth-order valence-corrected chi connectivity index (χ4v) is 1.00. The zero-order valence-electron chi connectivity index (χ0n) is 9.75. The molecule has 0 aliphatic carbocycles. The molecule has 4 heteroatoms. The number of carbonyl (C=O) groups excluding carboxylic acids is 1. The Bertz CT molecular complexity index is 221. The van der Waals surface area contributed by atoms with Gasteiger partial charge in [-0.25, -0.2) is 0 Å². The lowest BCUT2D eigenvalue weighted by molar-refractivity contribution is -0.122. The molecule has 0 saturated carbocycles. The molecule has 0 fully saturated rings. The Morgan fingerprint density at radius 2 is 2.13 bits per heavy atom. The Hall–Kier alpha value is -1.08. The van der Waals surface area contributed by atoms with Gasteiger partial charge in [-0.1, -0.05) is 20.8 Å². The Morgan fingerprint density at radius 3 is 2.60 bits per heavy atom. The Kier molecular flexibility index (Phi) is 7.65. The van der Waals surface area contributed by atoms with Gasteiger partial charge in [-0.05, 0) is 12.3 Å². The van der Waals surface area contributed by atoms with Crippen molar-refractivity contribution in [1.82, 2.24) is 5.32 Å². The summed E-state index contributed by atoms with van der Waals surface area (Å²) in [5.41, 5.74) is 0. The third kappa shape index (κ3) is 6.92. The van der Waals surface area contributed by atoms with Crippen LogP contribution in [-0.2, 0) is 9.53 Å². The highest BCUT2D eigenvalue weighted by atomic mass is 16.5. The fourth-order valence-electron chi connectivity index (χ4n) is 1.00. The number of hydrogen-bond acceptors (Lipinski definition) is 3. The number of nitriles is 1. The number of ether oxygens (including phenoxy) is 1. The van der Waals surface area contributed by atoms with E-state index in [0.29, 0.717) is 19.6 Å². The lowest BCUT2D eigenvalue weighted by atomic mass is 10.1. The van der Waals surface area contributed by atoms with Crippen LogP contribution in [0.3, 0.4) is 0 Å². The summed E-state index contributed by atoms with van der Waals surface area (Å²) in [6, 6.07) is 1.66. The summed E-state index contributed by atoms with van der Waals surface area (Å²) in [6.45, 7) is 6.93. The maximum atomic E-state index is 11.3. The van der Waals surface area contributed by atoms with Crippen molar-refractivity contribution in [1.29, 1.82) is 5.26 Å². The van der Waals surface area contributed by atoms with E-state index in [1.165, 1.54) is 0 Å². The first-order chi connectivity index (χ1) is 7.11. The van der Waals surface area contributed by atoms with Crippen molar-refractivity contribution in [3.63, 3.8) is 0 Å². The van der Waals surface area contributed by atoms with Gasteiger partial charge < -0.3 is 10.1 Å². The molecular formula is C11H20N2O2. The minimum Gasteiger partial charge on any atom is -0.381 e. The molecule has 15 heavy (non-hydrogen) atoms. The maximum Gasteiger partial charge on any atom is 0.223 e. The van der Waals surface area contributed by atoms with Crippen LogP contribution in [0.5, 0.6) is 0 Å². The number of nitrogens with one attached hydrogen (secondary N) is 1. The molecule has 4 nitrogen and oxygen atoms in total. The van der Waals surface area contributed by atoms with Gasteiger partial charge in [0.05, 0.1) is 12.7 Å². The zero-order valence-corrected chi connectivity index (χ0v) is 9.75. The topological polar surface area (TPSA) is 62.1 Å². The van der Waals surface area contributed by atoms with Gasteiger partial charge in [0.1, 0.15) is 6.04 Å². The summed E-state index contributed by atoms with van der Waals surface area (Å²) >= 11 is 0. The van der Waals surface area contributed by atoms with Crippen LogP contribution >= 0.6 is 0 Å². The van der Waals surface area contributed by atoms with Crippen LogP contribution in [0.2, 0.25) is 0 Å². The molecule has 1 atom stereocenters. The summed E-state index contributed by atoms with van der Waals surface area (Å²) in [5, 5.41) is 11.4. The fraction of sp³-hybridized carbons (Fsp3) is 0.818. The molecule has 1 amide bonds. The number of amides is 1. The largest absolute Gasteiger partial charge is 0.381 e. The lowest BCUT2D eigenvalue weighted by Crippen LogP contribution is -2.37. The van der Waals surface area contributed by atoms with Crippen molar-refractivity contribution in [3.05, 3.63) is 0 Å². The highest BCUT2D eigenvalue weighted by Crippen LogP contribution is 2.00. The molecule has 0 rings (SSSR count). The molecule has 1 N–H and O–H groups in total. The molecule has 0 saturated heterocycles. The SMILES string of the molecule is CCCOCCC(=O)NC(C#N)C(C)C. The van der Waals surface area contributed by atoms with Crippen LogP contribution in [0.4, 0.5) is 0 Å². The van der Waals surface area contributed by atoms with E-state index in [0.717, 1.165) is 6.42 Å². The van der Waals surface area contributed by atoms with E-state index in [2.05, 4.69) is 11.4 Å². The second kappa shape index (κ2) is 8.25. The molecule has 0 aromatic heterocycles. The van der Waals surface area contributed by atoms with Gasteiger partial charge in [0.15, 0.2) is 0 Å². The average Bonchev–Trinajstić information content (AvgIpc) is 2.20. The van der Waals surface area contributed by atoms with E-state index in [4.69, 9.17) is 10.00 Å². The second-order valence-corrected chi connectivity index (χ2v) is 3.78. The molecule has 0 aliphatic heterocycles. The van der Waals surface area contributed by atoms with Crippen LogP contribution in [0.15, 0.2) is 0 Å². The first kappa shape index (κ1) is 13.9. The van der Waals surface area contributed by atoms with Crippen LogP contribution in [0.25, 0.3) is 0 Å². The summed E-state index contributed by atoms with van der Waals surface area (Å²) in [7, 11) is 0. The third-order valence-corrected chi connectivity index (χ3v) is 1.94. The molecule has 86 valence electrons. The van der Waals surface area contributed by atoms with Gasteiger partial charge in [0, 0.05) is 13.0 Å². The van der Waals surface area contributed by atoms with E-state index in [1.54, 1.807) is 0 Å². The predicted octanol–water partition coefficient (Wildman–Crippen LogP) is 1.47. The summed E-state index contributed by atoms with van der Waals surface area (Å²) < 4.78 is 5.19. The molecule has 0 bridgehead atoms. The van der Waals surface area contributed by atoms with Gasteiger partial charge in [-0.2, -0.15) is 5.26 Å². The van der Waals surface area contributed by atoms with E-state index in [9.17, 15) is 4.79 Å². The predicted molar refractivity (Wildman–Crippen MR) is 58.1 cm³/mol. The highest BCUT2D eigenvalue weighted by molar-refractivity contribution is 5.76. The van der Waals surface area contributed by atoms with Crippen molar-refractivity contribution in [2.75, 3.05) is 13.2 Å². The molecule has 0 heterocycles. The zero-order chi connectivity index (χ0) is 11.7. The van der Waals surface area contributed by atoms with E-state index >= 15 is 0 Å². The first-order valence-electron chi connectivity index (χ1n) is 5.38. The van der Waals surface area contributed by atoms with Gasteiger partial charge >= 0.3 is 0 Å². The lowest BCUT2D eigenvalue weighted by Gasteiger charge is -2.14. The summed E-state index contributed by atoms with van der Waals surface area (Å²) in [6.07, 6.45) is 1.28. The number of nitrogens with zero attached hydrogens (tertiary/aromatic N) is 1. The van der Waals surface area contributed by atoms with Crippen LogP contribution in [-0.4, -0.2) is 25.2 Å². The van der Waals surface area contributed by atoms with E-state index in [-0.39, 0.29) is 11.8 Å². The molecule has 1 unspecified atom stereocenters. The number of rotatable bonds is 7. The number of carbonyl (C=O) groups is 1. The van der Waals surface area contributed by atoms with Crippen molar-refractivity contribution in [2.24, 2.45) is 5.92 Å². The molecule has 0 spiro atoms. The maximum absolute atomic E-state index is 11.3. The minimum absolute atomic E-state index is 0.119. The van der Waals surface area contributed by atoms with Crippen molar-refractivity contribution in [3.8, 4) is 6.07 Å². The van der Waals surface area contributed by atoms with Crippen LogP contribution in [0.1, 0.15) is 33.6 Å². The Labute approximate surface area is 91.6 Å². The number of hydrogen-bond donors (Lipinski definition) is 1. The monoisotopic (exact) mass is 212 g/mol. The molecular weight excluding hydrogens is 192 g/mol. The quantitative estimate of drug-likeness (QED) is 0.650. The normalized spacial score (nSPS) is 12.2. The molecule has 0 radical (unpaired) electrons. The highest BCUT2D eigenvalue weighted by Gasteiger charge is 2.14. The first-order valence-corrected chi connectivity index (χ1v) is 5.38. The standard InChI is InChI=1S/C11H20N2O2/c1-4-6-15-7-5-11(14)13-10(8-12)9(2)3/h9-10H,4-7H2,1-3H3,(H,13,14). The van der Waals surface area contributed by atoms with Crippen molar-refractivity contribution >= 4 is 5.91 Å². The molecule has 0 aromatic carbocycles. The van der Waals surface area contributed by atoms with Gasteiger partial charge in [-0.3, -0.25) is 4.79 Å². The summed E-state index contributed by atoms with van der Waals surface area (Å²) in [5.74, 6) is 0.0156. The second-order valence-electron chi connectivity index (χ2n) is 3.78. The van der Waals surface area contributed by atoms with Gasteiger partial charge in [-0.15, -0.1) is 0 Å². The molecule has 0 aromatic rings. The van der Waals surface area contributed by atoms with E-state index < -0.39 is 6.04 Å². The van der Waals surface area contributed by atoms with Gasteiger partial charge in [0.2, 0.25) is 5.91 Å². The Morgan fingerprint density at radius 1 is 1.47 bits per heavy atom. The van der Waals surface area contributed by atoms with Crippen molar-refractivity contribution < 1.29 is 9.53 Å². The summed E-state index contributed by atoms with van der Waals surface area (Å²) in [4.78, 5) is 11.3. The van der Waals surface area contributed by atoms with E-state index in [1.807, 2.05) is 20.8 Å². The molecule has 0 aliphatic rings. The minimum atomic E-state index is -0.399. The Balaban J connectivity index is 3.68. The van der Waals surface area contributed by atoms with Gasteiger partial charge in [0.25, 0.3) is 0 Å².